The van der Waals surface area contributed by atoms with Gasteiger partial charge in [-0.15, -0.1) is 0 Å². The molecule has 2 heterocycles. The fourth-order valence-electron chi connectivity index (χ4n) is 2.93. The third-order valence-corrected chi connectivity index (χ3v) is 6.31. The number of sulfonamides is 1. The lowest BCUT2D eigenvalue weighted by Crippen LogP contribution is -2.48. The first-order valence-corrected chi connectivity index (χ1v) is 8.84. The Kier molecular flexibility index (Phi) is 3.89. The predicted octanol–water partition coefficient (Wildman–Crippen LogP) is 1.15. The second-order valence-corrected chi connectivity index (χ2v) is 7.85. The van der Waals surface area contributed by atoms with E-state index < -0.39 is 21.7 Å². The van der Waals surface area contributed by atoms with Crippen LogP contribution in [0.3, 0.4) is 0 Å². The average Bonchev–Trinajstić information content (AvgIpc) is 2.88. The van der Waals surface area contributed by atoms with Crippen molar-refractivity contribution in [1.82, 2.24) is 9.62 Å². The summed E-state index contributed by atoms with van der Waals surface area (Å²) in [5, 5.41) is 2.62. The minimum atomic E-state index is -3.60. The first-order valence-electron chi connectivity index (χ1n) is 7.40. The summed E-state index contributed by atoms with van der Waals surface area (Å²) >= 11 is 0. The molecule has 23 heavy (non-hydrogen) atoms. The van der Waals surface area contributed by atoms with Crippen molar-refractivity contribution in [3.8, 4) is 0 Å². The van der Waals surface area contributed by atoms with Gasteiger partial charge in [-0.3, -0.25) is 4.79 Å². The number of amides is 1. The van der Waals surface area contributed by atoms with Gasteiger partial charge in [0.1, 0.15) is 5.60 Å². The monoisotopic (exact) mass is 338 g/mol. The van der Waals surface area contributed by atoms with Crippen LogP contribution in [-0.2, 0) is 14.8 Å². The summed E-state index contributed by atoms with van der Waals surface area (Å²) in [6.07, 6.45) is 0.494. The number of Topliss-reactive ketones (excluding diaryl/α,β-unsaturated/α-hetero) is 1. The molecule has 0 radical (unpaired) electrons. The Labute approximate surface area is 134 Å². The molecule has 124 valence electrons. The van der Waals surface area contributed by atoms with Crippen molar-refractivity contribution in [3.63, 3.8) is 0 Å². The SMILES string of the molecule is CC(=O)c1ccc(S(=O)(=O)N2CCC3(CC2)CNC(=O)O3)cc1. The fourth-order valence-corrected chi connectivity index (χ4v) is 4.37. The predicted molar refractivity (Wildman–Crippen MR) is 81.7 cm³/mol. The minimum absolute atomic E-state index is 0.107. The molecule has 2 saturated heterocycles. The van der Waals surface area contributed by atoms with Crippen molar-refractivity contribution in [2.24, 2.45) is 0 Å². The van der Waals surface area contributed by atoms with Crippen molar-refractivity contribution >= 4 is 21.9 Å². The highest BCUT2D eigenvalue weighted by Gasteiger charge is 2.45. The first-order chi connectivity index (χ1) is 10.8. The molecule has 1 aromatic carbocycles. The second kappa shape index (κ2) is 5.61. The quantitative estimate of drug-likeness (QED) is 0.835. The molecule has 0 unspecified atom stereocenters. The summed E-state index contributed by atoms with van der Waals surface area (Å²) in [6, 6.07) is 5.94. The molecule has 0 aliphatic carbocycles. The molecule has 1 spiro atoms. The highest BCUT2D eigenvalue weighted by molar-refractivity contribution is 7.89. The Morgan fingerprint density at radius 1 is 1.22 bits per heavy atom. The third-order valence-electron chi connectivity index (χ3n) is 4.40. The van der Waals surface area contributed by atoms with E-state index in [-0.39, 0.29) is 10.7 Å². The molecule has 1 amide bonds. The van der Waals surface area contributed by atoms with Gasteiger partial charge in [-0.1, -0.05) is 12.1 Å². The molecule has 2 aliphatic heterocycles. The maximum atomic E-state index is 12.7. The maximum Gasteiger partial charge on any atom is 0.407 e. The van der Waals surface area contributed by atoms with Crippen LogP contribution in [0.5, 0.6) is 0 Å². The lowest BCUT2D eigenvalue weighted by Gasteiger charge is -2.36. The van der Waals surface area contributed by atoms with Gasteiger partial charge in [-0.2, -0.15) is 4.31 Å². The van der Waals surface area contributed by atoms with Crippen molar-refractivity contribution in [1.29, 1.82) is 0 Å². The summed E-state index contributed by atoms with van der Waals surface area (Å²) < 4.78 is 32.0. The maximum absolute atomic E-state index is 12.7. The molecule has 8 heteroatoms. The number of benzene rings is 1. The third kappa shape index (κ3) is 2.96. The zero-order valence-corrected chi connectivity index (χ0v) is 13.6. The van der Waals surface area contributed by atoms with E-state index in [0.717, 1.165) is 0 Å². The van der Waals surface area contributed by atoms with E-state index in [1.807, 2.05) is 0 Å². The molecule has 7 nitrogen and oxygen atoms in total. The number of ketones is 1. The number of hydrogen-bond acceptors (Lipinski definition) is 5. The molecule has 2 fully saturated rings. The highest BCUT2D eigenvalue weighted by atomic mass is 32.2. The number of carbonyl (C=O) groups is 2. The van der Waals surface area contributed by atoms with Crippen LogP contribution >= 0.6 is 0 Å². The Morgan fingerprint density at radius 2 is 1.83 bits per heavy atom. The average molecular weight is 338 g/mol. The van der Waals surface area contributed by atoms with Gasteiger partial charge in [0.05, 0.1) is 11.4 Å². The van der Waals surface area contributed by atoms with E-state index in [1.54, 1.807) is 0 Å². The largest absolute Gasteiger partial charge is 0.441 e. The van der Waals surface area contributed by atoms with Gasteiger partial charge in [0.15, 0.2) is 5.78 Å². The summed E-state index contributed by atoms with van der Waals surface area (Å²) in [5.41, 5.74) is -0.104. The van der Waals surface area contributed by atoms with E-state index in [4.69, 9.17) is 4.74 Å². The lowest BCUT2D eigenvalue weighted by atomic mass is 9.93. The summed E-state index contributed by atoms with van der Waals surface area (Å²) in [4.78, 5) is 22.6. The van der Waals surface area contributed by atoms with Gasteiger partial charge in [0.2, 0.25) is 10.0 Å². The van der Waals surface area contributed by atoms with Crippen LogP contribution in [0.25, 0.3) is 0 Å². The zero-order chi connectivity index (χ0) is 16.7. The van der Waals surface area contributed by atoms with Crippen LogP contribution in [0.15, 0.2) is 29.2 Å². The zero-order valence-electron chi connectivity index (χ0n) is 12.7. The van der Waals surface area contributed by atoms with Gasteiger partial charge < -0.3 is 10.1 Å². The van der Waals surface area contributed by atoms with E-state index in [0.29, 0.717) is 38.0 Å². The lowest BCUT2D eigenvalue weighted by molar-refractivity contribution is 0.0173. The Bertz CT molecular complexity index is 734. The van der Waals surface area contributed by atoms with Crippen molar-refractivity contribution in [3.05, 3.63) is 29.8 Å². The molecule has 0 aromatic heterocycles. The standard InChI is InChI=1S/C15H18N2O5S/c1-11(18)12-2-4-13(5-3-12)23(20,21)17-8-6-15(7-9-17)10-16-14(19)22-15/h2-5H,6-10H2,1H3,(H,16,19). The number of nitrogens with one attached hydrogen (secondary N) is 1. The van der Waals surface area contributed by atoms with Crippen LogP contribution in [0, 0.1) is 0 Å². The number of ether oxygens (including phenoxy) is 1. The van der Waals surface area contributed by atoms with Gasteiger partial charge in [0, 0.05) is 31.5 Å². The van der Waals surface area contributed by atoms with Crippen molar-refractivity contribution < 1.29 is 22.7 Å². The topological polar surface area (TPSA) is 92.8 Å². The molecule has 2 aliphatic rings. The Balaban J connectivity index is 1.74. The van der Waals surface area contributed by atoms with Gasteiger partial charge in [-0.05, 0) is 19.1 Å². The van der Waals surface area contributed by atoms with Gasteiger partial charge in [0.25, 0.3) is 0 Å². The van der Waals surface area contributed by atoms with Crippen LogP contribution < -0.4 is 5.32 Å². The molecule has 0 bridgehead atoms. The summed E-state index contributed by atoms with van der Waals surface area (Å²) in [7, 11) is -3.60. The molecule has 1 aromatic rings. The molecule has 1 N–H and O–H groups in total. The summed E-state index contributed by atoms with van der Waals surface area (Å²) in [5.74, 6) is -0.107. The first kappa shape index (κ1) is 15.9. The number of carbonyl (C=O) groups excluding carboxylic acids is 2. The molecule has 0 saturated carbocycles. The molecular weight excluding hydrogens is 320 g/mol. The van der Waals surface area contributed by atoms with Crippen LogP contribution in [0.1, 0.15) is 30.1 Å². The molecule has 3 rings (SSSR count). The number of rotatable bonds is 3. The molecule has 0 atom stereocenters. The highest BCUT2D eigenvalue weighted by Crippen LogP contribution is 2.31. The Morgan fingerprint density at radius 3 is 2.30 bits per heavy atom. The van der Waals surface area contributed by atoms with E-state index in [9.17, 15) is 18.0 Å². The van der Waals surface area contributed by atoms with Gasteiger partial charge in [-0.25, -0.2) is 13.2 Å². The number of piperidine rings is 1. The number of hydrogen-bond donors (Lipinski definition) is 1. The van der Waals surface area contributed by atoms with E-state index >= 15 is 0 Å². The fraction of sp³-hybridized carbons (Fsp3) is 0.467. The van der Waals surface area contributed by atoms with Crippen LogP contribution in [0.4, 0.5) is 4.79 Å². The van der Waals surface area contributed by atoms with E-state index in [1.165, 1.54) is 35.5 Å². The van der Waals surface area contributed by atoms with Crippen LogP contribution in [0.2, 0.25) is 0 Å². The summed E-state index contributed by atoms with van der Waals surface area (Å²) in [6.45, 7) is 2.45. The second-order valence-electron chi connectivity index (χ2n) is 5.91. The normalized spacial score (nSPS) is 21.0. The van der Waals surface area contributed by atoms with Crippen molar-refractivity contribution in [2.75, 3.05) is 19.6 Å². The van der Waals surface area contributed by atoms with Gasteiger partial charge >= 0.3 is 6.09 Å². The smallest absolute Gasteiger partial charge is 0.407 e. The van der Waals surface area contributed by atoms with Crippen LogP contribution in [-0.4, -0.2) is 49.8 Å². The number of nitrogens with zero attached hydrogens (tertiary/aromatic N) is 1. The number of alkyl carbamates (subject to hydrolysis) is 1. The Hall–Kier alpha value is -1.93. The molecular formula is C15H18N2O5S. The van der Waals surface area contributed by atoms with E-state index in [2.05, 4.69) is 5.32 Å². The minimum Gasteiger partial charge on any atom is -0.441 e. The van der Waals surface area contributed by atoms with Crippen molar-refractivity contribution in [2.45, 2.75) is 30.3 Å².